The average molecular weight is 383 g/mol. The lowest BCUT2D eigenvalue weighted by Crippen LogP contribution is -2.54. The summed E-state index contributed by atoms with van der Waals surface area (Å²) in [6.07, 6.45) is 0.489. The third-order valence-corrected chi connectivity index (χ3v) is 4.28. The first kappa shape index (κ1) is 21.1. The lowest BCUT2D eigenvalue weighted by molar-refractivity contribution is -0.142. The third kappa shape index (κ3) is 6.51. The fraction of sp³-hybridized carbons (Fsp3) is 0.286. The molecule has 0 aromatic heterocycles. The van der Waals surface area contributed by atoms with Gasteiger partial charge in [0.25, 0.3) is 0 Å². The lowest BCUT2D eigenvalue weighted by Gasteiger charge is -2.20. The Balaban J connectivity index is 1.89. The molecule has 0 aliphatic rings. The van der Waals surface area contributed by atoms with Gasteiger partial charge in [0.1, 0.15) is 12.1 Å². The first-order chi connectivity index (χ1) is 13.4. The van der Waals surface area contributed by atoms with Gasteiger partial charge in [-0.05, 0) is 24.5 Å². The van der Waals surface area contributed by atoms with E-state index in [9.17, 15) is 19.5 Å². The molecule has 148 valence electrons. The van der Waals surface area contributed by atoms with Crippen molar-refractivity contribution in [2.75, 3.05) is 0 Å². The summed E-state index contributed by atoms with van der Waals surface area (Å²) in [6.45, 7) is 1.49. The molecule has 7 nitrogen and oxygen atoms in total. The van der Waals surface area contributed by atoms with E-state index in [-0.39, 0.29) is 6.42 Å². The topological polar surface area (TPSA) is 122 Å². The molecule has 0 radical (unpaired) electrons. The number of amides is 2. The molecular formula is C21H25N3O4. The van der Waals surface area contributed by atoms with E-state index in [0.717, 1.165) is 11.1 Å². The largest absolute Gasteiger partial charge is 0.480 e. The van der Waals surface area contributed by atoms with Crippen LogP contribution in [0.25, 0.3) is 0 Å². The van der Waals surface area contributed by atoms with E-state index in [1.54, 1.807) is 24.3 Å². The van der Waals surface area contributed by atoms with Crippen LogP contribution in [-0.4, -0.2) is 41.0 Å². The number of carbonyl (C=O) groups excluding carboxylic acids is 2. The van der Waals surface area contributed by atoms with Gasteiger partial charge in [-0.25, -0.2) is 4.79 Å². The van der Waals surface area contributed by atoms with Crippen molar-refractivity contribution in [1.82, 2.24) is 10.6 Å². The zero-order valence-corrected chi connectivity index (χ0v) is 15.7. The first-order valence-electron chi connectivity index (χ1n) is 9.04. The van der Waals surface area contributed by atoms with Crippen molar-refractivity contribution in [3.05, 3.63) is 71.8 Å². The number of rotatable bonds is 9. The smallest absolute Gasteiger partial charge is 0.326 e. The molecule has 0 spiro atoms. The van der Waals surface area contributed by atoms with Gasteiger partial charge in [-0.2, -0.15) is 0 Å². The molecule has 2 aromatic carbocycles. The van der Waals surface area contributed by atoms with E-state index in [0.29, 0.717) is 6.42 Å². The zero-order valence-electron chi connectivity index (χ0n) is 15.7. The molecular weight excluding hydrogens is 358 g/mol. The molecule has 0 bridgehead atoms. The van der Waals surface area contributed by atoms with Crippen LogP contribution in [0.4, 0.5) is 0 Å². The van der Waals surface area contributed by atoms with E-state index in [4.69, 9.17) is 5.73 Å². The van der Waals surface area contributed by atoms with E-state index in [2.05, 4.69) is 10.6 Å². The van der Waals surface area contributed by atoms with Crippen molar-refractivity contribution in [3.8, 4) is 0 Å². The Kier molecular flexibility index (Phi) is 7.71. The van der Waals surface area contributed by atoms with Gasteiger partial charge in [0.2, 0.25) is 11.8 Å². The van der Waals surface area contributed by atoms with Crippen molar-refractivity contribution >= 4 is 17.8 Å². The molecule has 0 saturated carbocycles. The predicted octanol–water partition coefficient (Wildman–Crippen LogP) is 0.873. The van der Waals surface area contributed by atoms with E-state index in [1.807, 2.05) is 36.4 Å². The van der Waals surface area contributed by atoms with Crippen LogP contribution in [0.5, 0.6) is 0 Å². The minimum Gasteiger partial charge on any atom is -0.480 e. The third-order valence-electron chi connectivity index (χ3n) is 4.28. The van der Waals surface area contributed by atoms with Crippen LogP contribution in [0.2, 0.25) is 0 Å². The van der Waals surface area contributed by atoms with Crippen LogP contribution in [0.1, 0.15) is 18.1 Å². The number of nitrogens with two attached hydrogens (primary N) is 1. The number of carboxylic acid groups (broad SMARTS) is 1. The summed E-state index contributed by atoms with van der Waals surface area (Å²) in [5.41, 5.74) is 7.61. The molecule has 2 rings (SSSR count). The lowest BCUT2D eigenvalue weighted by atomic mass is 10.0. The quantitative estimate of drug-likeness (QED) is 0.512. The van der Waals surface area contributed by atoms with E-state index < -0.39 is 35.9 Å². The SMILES string of the molecule is CC(NC(=O)C(N)Cc1ccccc1)C(=O)NC(Cc1ccccc1)C(=O)O. The maximum atomic E-state index is 12.3. The van der Waals surface area contributed by atoms with Crippen LogP contribution >= 0.6 is 0 Å². The summed E-state index contributed by atoms with van der Waals surface area (Å²) in [6, 6.07) is 15.5. The fourth-order valence-electron chi connectivity index (χ4n) is 2.69. The summed E-state index contributed by atoms with van der Waals surface area (Å²) in [5.74, 6) is -2.19. The molecule has 0 aliphatic heterocycles. The van der Waals surface area contributed by atoms with Gasteiger partial charge in [-0.15, -0.1) is 0 Å². The van der Waals surface area contributed by atoms with Gasteiger partial charge in [0.15, 0.2) is 0 Å². The standard InChI is InChI=1S/C21H25N3O4/c1-14(23-20(26)17(22)12-15-8-4-2-5-9-15)19(25)24-18(21(27)28)13-16-10-6-3-7-11-16/h2-11,14,17-18H,12-13,22H2,1H3,(H,23,26)(H,24,25)(H,27,28). The van der Waals surface area contributed by atoms with Gasteiger partial charge < -0.3 is 21.5 Å². The Morgan fingerprint density at radius 2 is 1.36 bits per heavy atom. The zero-order chi connectivity index (χ0) is 20.5. The molecule has 0 saturated heterocycles. The second-order valence-electron chi connectivity index (χ2n) is 6.62. The monoisotopic (exact) mass is 383 g/mol. The van der Waals surface area contributed by atoms with Gasteiger partial charge in [0.05, 0.1) is 6.04 Å². The van der Waals surface area contributed by atoms with Crippen molar-refractivity contribution in [2.24, 2.45) is 5.73 Å². The number of benzene rings is 2. The highest BCUT2D eigenvalue weighted by Crippen LogP contribution is 2.05. The molecule has 28 heavy (non-hydrogen) atoms. The summed E-state index contributed by atoms with van der Waals surface area (Å²) in [7, 11) is 0. The molecule has 7 heteroatoms. The minimum atomic E-state index is -1.14. The van der Waals surface area contributed by atoms with Crippen molar-refractivity contribution in [3.63, 3.8) is 0 Å². The van der Waals surface area contributed by atoms with Crippen molar-refractivity contribution < 1.29 is 19.5 Å². The van der Waals surface area contributed by atoms with Crippen molar-refractivity contribution in [2.45, 2.75) is 37.9 Å². The highest BCUT2D eigenvalue weighted by Gasteiger charge is 2.25. The normalized spacial score (nSPS) is 13.8. The number of carbonyl (C=O) groups is 3. The Hall–Kier alpha value is -3.19. The Labute approximate surface area is 163 Å². The van der Waals surface area contributed by atoms with Crippen LogP contribution in [0.3, 0.4) is 0 Å². The summed E-state index contributed by atoms with van der Waals surface area (Å²) in [4.78, 5) is 36.0. The fourth-order valence-corrected chi connectivity index (χ4v) is 2.69. The number of hydrogen-bond acceptors (Lipinski definition) is 4. The van der Waals surface area contributed by atoms with Gasteiger partial charge in [-0.1, -0.05) is 60.7 Å². The highest BCUT2D eigenvalue weighted by molar-refractivity contribution is 5.91. The van der Waals surface area contributed by atoms with Crippen LogP contribution in [0, 0.1) is 0 Å². The van der Waals surface area contributed by atoms with Crippen LogP contribution < -0.4 is 16.4 Å². The molecule has 5 N–H and O–H groups in total. The molecule has 3 unspecified atom stereocenters. The van der Waals surface area contributed by atoms with E-state index in [1.165, 1.54) is 6.92 Å². The molecule has 2 amide bonds. The maximum Gasteiger partial charge on any atom is 0.326 e. The molecule has 0 fully saturated rings. The summed E-state index contributed by atoms with van der Waals surface area (Å²) < 4.78 is 0. The maximum absolute atomic E-state index is 12.3. The highest BCUT2D eigenvalue weighted by atomic mass is 16.4. The van der Waals surface area contributed by atoms with E-state index >= 15 is 0 Å². The molecule has 2 aromatic rings. The Morgan fingerprint density at radius 3 is 1.86 bits per heavy atom. The first-order valence-corrected chi connectivity index (χ1v) is 9.04. The van der Waals surface area contributed by atoms with Gasteiger partial charge >= 0.3 is 5.97 Å². The number of nitrogens with one attached hydrogen (secondary N) is 2. The molecule has 0 heterocycles. The number of aliphatic carboxylic acids is 1. The summed E-state index contributed by atoms with van der Waals surface area (Å²) >= 11 is 0. The second-order valence-corrected chi connectivity index (χ2v) is 6.62. The second kappa shape index (κ2) is 10.2. The Morgan fingerprint density at radius 1 is 0.857 bits per heavy atom. The van der Waals surface area contributed by atoms with Crippen molar-refractivity contribution in [1.29, 1.82) is 0 Å². The average Bonchev–Trinajstić information content (AvgIpc) is 2.68. The number of carboxylic acids is 1. The summed E-state index contributed by atoms with van der Waals surface area (Å²) in [5, 5.41) is 14.4. The number of hydrogen-bond donors (Lipinski definition) is 4. The predicted molar refractivity (Wildman–Crippen MR) is 105 cm³/mol. The van der Waals surface area contributed by atoms with Crippen LogP contribution in [-0.2, 0) is 27.2 Å². The van der Waals surface area contributed by atoms with Gasteiger partial charge in [0, 0.05) is 6.42 Å². The minimum absolute atomic E-state index is 0.149. The Bertz CT molecular complexity index is 796. The molecule has 0 aliphatic carbocycles. The van der Waals surface area contributed by atoms with Gasteiger partial charge in [-0.3, -0.25) is 9.59 Å². The molecule has 3 atom stereocenters. The van der Waals surface area contributed by atoms with Crippen LogP contribution in [0.15, 0.2) is 60.7 Å².